The number of rotatable bonds is 7. The number of amides is 1. The third-order valence-corrected chi connectivity index (χ3v) is 6.44. The van der Waals surface area contributed by atoms with Gasteiger partial charge in [-0.3, -0.25) is 14.5 Å². The molecule has 0 saturated heterocycles. The van der Waals surface area contributed by atoms with Crippen LogP contribution in [0, 0.1) is 5.82 Å². The summed E-state index contributed by atoms with van der Waals surface area (Å²) in [5.74, 6) is 0.0267. The third kappa shape index (κ3) is 5.73. The number of methoxy groups -OCH3 is 1. The molecule has 10 heteroatoms. The summed E-state index contributed by atoms with van der Waals surface area (Å²) in [5, 5.41) is 3.13. The largest absolute Gasteiger partial charge is 0.496 e. The van der Waals surface area contributed by atoms with Crippen LogP contribution >= 0.6 is 23.4 Å². The quantitative estimate of drug-likeness (QED) is 0.388. The number of aromatic amines is 1. The molecule has 3 aromatic rings. The number of anilines is 1. The SMILES string of the molecule is COc1ccccc1CN1CCc2nc(SCC(=O)Nc3ccc(F)cc3Cl)[nH]c(=O)c2C1. The number of hydrogen-bond acceptors (Lipinski definition) is 6. The first-order valence-corrected chi connectivity index (χ1v) is 11.6. The molecule has 0 aliphatic carbocycles. The maximum absolute atomic E-state index is 13.1. The van der Waals surface area contributed by atoms with Crippen molar-refractivity contribution in [2.24, 2.45) is 0 Å². The van der Waals surface area contributed by atoms with Gasteiger partial charge in [-0.05, 0) is 24.3 Å². The molecule has 4 rings (SSSR count). The number of nitrogens with zero attached hydrogens (tertiary/aromatic N) is 2. The Hall–Kier alpha value is -2.88. The van der Waals surface area contributed by atoms with Crippen LogP contribution in [0.15, 0.2) is 52.4 Å². The highest BCUT2D eigenvalue weighted by molar-refractivity contribution is 7.99. The zero-order valence-electron chi connectivity index (χ0n) is 17.9. The Labute approximate surface area is 199 Å². The Kier molecular flexibility index (Phi) is 7.32. The number of benzene rings is 2. The van der Waals surface area contributed by atoms with Crippen molar-refractivity contribution < 1.29 is 13.9 Å². The van der Waals surface area contributed by atoms with Crippen LogP contribution in [0.3, 0.4) is 0 Å². The average Bonchev–Trinajstić information content (AvgIpc) is 2.80. The number of H-pyrrole nitrogens is 1. The van der Waals surface area contributed by atoms with Crippen LogP contribution in [0.25, 0.3) is 0 Å². The number of thioether (sulfide) groups is 1. The second-order valence-electron chi connectivity index (χ2n) is 7.53. The molecule has 0 saturated carbocycles. The average molecular weight is 489 g/mol. The van der Waals surface area contributed by atoms with Crippen LogP contribution in [-0.2, 0) is 24.3 Å². The zero-order valence-corrected chi connectivity index (χ0v) is 19.4. The van der Waals surface area contributed by atoms with E-state index < -0.39 is 5.82 Å². The van der Waals surface area contributed by atoms with Gasteiger partial charge >= 0.3 is 0 Å². The molecule has 7 nitrogen and oxygen atoms in total. The predicted octanol–water partition coefficient (Wildman–Crippen LogP) is 3.86. The lowest BCUT2D eigenvalue weighted by atomic mass is 10.1. The normalized spacial score (nSPS) is 13.4. The maximum atomic E-state index is 13.1. The molecular formula is C23H22ClFN4O3S. The van der Waals surface area contributed by atoms with Crippen LogP contribution in [0.1, 0.15) is 16.8 Å². The smallest absolute Gasteiger partial charge is 0.256 e. The van der Waals surface area contributed by atoms with Crippen molar-refractivity contribution in [2.45, 2.75) is 24.7 Å². The number of aromatic nitrogens is 2. The molecular weight excluding hydrogens is 467 g/mol. The summed E-state index contributed by atoms with van der Waals surface area (Å²) in [4.78, 5) is 34.5. The number of carbonyl (C=O) groups excluding carboxylic acids is 1. The summed E-state index contributed by atoms with van der Waals surface area (Å²) < 4.78 is 18.6. The van der Waals surface area contributed by atoms with E-state index in [2.05, 4.69) is 20.2 Å². The fourth-order valence-electron chi connectivity index (χ4n) is 3.65. The monoisotopic (exact) mass is 488 g/mol. The van der Waals surface area contributed by atoms with Crippen LogP contribution in [0.5, 0.6) is 5.75 Å². The van der Waals surface area contributed by atoms with Gasteiger partial charge in [0.05, 0.1) is 34.8 Å². The van der Waals surface area contributed by atoms with Gasteiger partial charge in [0.2, 0.25) is 5.91 Å². The van der Waals surface area contributed by atoms with E-state index in [4.69, 9.17) is 16.3 Å². The van der Waals surface area contributed by atoms with Crippen LogP contribution < -0.4 is 15.6 Å². The molecule has 172 valence electrons. The van der Waals surface area contributed by atoms with Crippen molar-refractivity contribution in [1.29, 1.82) is 0 Å². The molecule has 0 spiro atoms. The molecule has 1 amide bonds. The molecule has 2 heterocycles. The first-order chi connectivity index (χ1) is 15.9. The minimum atomic E-state index is -0.482. The van der Waals surface area contributed by atoms with E-state index in [1.807, 2.05) is 24.3 Å². The van der Waals surface area contributed by atoms with E-state index in [0.717, 1.165) is 41.4 Å². The molecule has 1 aromatic heterocycles. The fourth-order valence-corrected chi connectivity index (χ4v) is 4.54. The highest BCUT2D eigenvalue weighted by Gasteiger charge is 2.22. The van der Waals surface area contributed by atoms with E-state index in [1.165, 1.54) is 12.1 Å². The number of fused-ring (bicyclic) bond motifs is 1. The Morgan fingerprint density at radius 3 is 2.94 bits per heavy atom. The summed E-state index contributed by atoms with van der Waals surface area (Å²) in [6, 6.07) is 11.6. The van der Waals surface area contributed by atoms with E-state index >= 15 is 0 Å². The van der Waals surface area contributed by atoms with Crippen molar-refractivity contribution in [3.05, 3.63) is 80.5 Å². The van der Waals surface area contributed by atoms with Gasteiger partial charge < -0.3 is 15.0 Å². The molecule has 0 unspecified atom stereocenters. The second kappa shape index (κ2) is 10.4. The number of ether oxygens (including phenoxy) is 1. The number of hydrogen-bond donors (Lipinski definition) is 2. The molecule has 0 bridgehead atoms. The molecule has 2 N–H and O–H groups in total. The zero-order chi connectivity index (χ0) is 23.4. The molecule has 0 radical (unpaired) electrons. The first kappa shape index (κ1) is 23.3. The fraction of sp³-hybridized carbons (Fsp3) is 0.261. The van der Waals surface area contributed by atoms with Gasteiger partial charge in [-0.1, -0.05) is 41.6 Å². The van der Waals surface area contributed by atoms with Crippen LogP contribution in [0.2, 0.25) is 5.02 Å². The third-order valence-electron chi connectivity index (χ3n) is 5.26. The Morgan fingerprint density at radius 2 is 2.15 bits per heavy atom. The van der Waals surface area contributed by atoms with Crippen molar-refractivity contribution in [1.82, 2.24) is 14.9 Å². The number of nitrogens with one attached hydrogen (secondary N) is 2. The van der Waals surface area contributed by atoms with Gasteiger partial charge in [0.15, 0.2) is 5.16 Å². The van der Waals surface area contributed by atoms with Crippen molar-refractivity contribution in [3.8, 4) is 5.75 Å². The Balaban J connectivity index is 1.38. The summed E-state index contributed by atoms with van der Waals surface area (Å²) in [7, 11) is 1.65. The van der Waals surface area contributed by atoms with E-state index in [0.29, 0.717) is 35.9 Å². The minimum Gasteiger partial charge on any atom is -0.496 e. The van der Waals surface area contributed by atoms with Crippen molar-refractivity contribution in [3.63, 3.8) is 0 Å². The number of para-hydroxylation sites is 1. The Bertz CT molecular complexity index is 1240. The minimum absolute atomic E-state index is 0.0232. The lowest BCUT2D eigenvalue weighted by Crippen LogP contribution is -2.35. The van der Waals surface area contributed by atoms with Crippen LogP contribution in [0.4, 0.5) is 10.1 Å². The standard InChI is InChI=1S/C23H22ClFN4O3S/c1-32-20-5-3-2-4-14(20)11-29-9-8-18-16(12-29)22(31)28-23(27-18)33-13-21(30)26-19-7-6-15(25)10-17(19)24/h2-7,10H,8-9,11-13H2,1H3,(H,26,30)(H,27,28,31). The summed E-state index contributed by atoms with van der Waals surface area (Å²) in [6.07, 6.45) is 0.638. The highest BCUT2D eigenvalue weighted by Crippen LogP contribution is 2.25. The van der Waals surface area contributed by atoms with E-state index in [1.54, 1.807) is 7.11 Å². The lowest BCUT2D eigenvalue weighted by molar-refractivity contribution is -0.113. The maximum Gasteiger partial charge on any atom is 0.256 e. The second-order valence-corrected chi connectivity index (χ2v) is 8.90. The molecule has 2 aromatic carbocycles. The van der Waals surface area contributed by atoms with Crippen molar-refractivity contribution in [2.75, 3.05) is 24.7 Å². The number of carbonyl (C=O) groups is 1. The van der Waals surface area contributed by atoms with E-state index in [-0.39, 0.29) is 22.2 Å². The van der Waals surface area contributed by atoms with Crippen molar-refractivity contribution >= 4 is 35.0 Å². The molecule has 0 fully saturated rings. The Morgan fingerprint density at radius 1 is 1.33 bits per heavy atom. The highest BCUT2D eigenvalue weighted by atomic mass is 35.5. The number of halogens is 2. The summed E-state index contributed by atoms with van der Waals surface area (Å²) >= 11 is 7.06. The summed E-state index contributed by atoms with van der Waals surface area (Å²) in [6.45, 7) is 1.92. The van der Waals surface area contributed by atoms with Gasteiger partial charge in [-0.2, -0.15) is 0 Å². The van der Waals surface area contributed by atoms with E-state index in [9.17, 15) is 14.0 Å². The van der Waals surface area contributed by atoms with Gasteiger partial charge in [0.25, 0.3) is 5.56 Å². The molecule has 1 aliphatic rings. The predicted molar refractivity (Wildman–Crippen MR) is 126 cm³/mol. The van der Waals surface area contributed by atoms with Gasteiger partial charge in [0.1, 0.15) is 11.6 Å². The summed E-state index contributed by atoms with van der Waals surface area (Å²) in [5.41, 5.74) is 2.58. The van der Waals surface area contributed by atoms with Gasteiger partial charge in [0, 0.05) is 31.6 Å². The lowest BCUT2D eigenvalue weighted by Gasteiger charge is -2.28. The molecule has 0 atom stereocenters. The first-order valence-electron chi connectivity index (χ1n) is 10.3. The topological polar surface area (TPSA) is 87.3 Å². The molecule has 1 aliphatic heterocycles. The van der Waals surface area contributed by atoms with Gasteiger partial charge in [-0.25, -0.2) is 9.37 Å². The molecule has 33 heavy (non-hydrogen) atoms. The van der Waals surface area contributed by atoms with Crippen LogP contribution in [-0.4, -0.2) is 40.2 Å². The van der Waals surface area contributed by atoms with Gasteiger partial charge in [-0.15, -0.1) is 0 Å².